The summed E-state index contributed by atoms with van der Waals surface area (Å²) in [6.07, 6.45) is 0.397. The summed E-state index contributed by atoms with van der Waals surface area (Å²) in [4.78, 5) is 15.3. The Kier molecular flexibility index (Phi) is 5.48. The van der Waals surface area contributed by atoms with E-state index in [1.807, 2.05) is 36.4 Å². The van der Waals surface area contributed by atoms with Gasteiger partial charge in [0.2, 0.25) is 5.91 Å². The first-order valence-electron chi connectivity index (χ1n) is 9.10. The molecule has 0 aromatic heterocycles. The van der Waals surface area contributed by atoms with Crippen LogP contribution in [0.15, 0.2) is 71.6 Å². The summed E-state index contributed by atoms with van der Waals surface area (Å²) in [6.45, 7) is 0.566. The van der Waals surface area contributed by atoms with Gasteiger partial charge in [0.15, 0.2) is 0 Å². The molecule has 0 N–H and O–H groups in total. The summed E-state index contributed by atoms with van der Waals surface area (Å²) < 4.78 is 6.06. The second-order valence-corrected chi connectivity index (χ2v) is 7.80. The highest BCUT2D eigenvalue weighted by Crippen LogP contribution is 2.39. The van der Waals surface area contributed by atoms with Crippen LogP contribution in [-0.2, 0) is 4.79 Å². The fraction of sp³-hybridized carbons (Fsp3) is 0.130. The van der Waals surface area contributed by atoms with E-state index in [2.05, 4.69) is 18.7 Å². The lowest BCUT2D eigenvalue weighted by Crippen LogP contribution is -2.24. The summed E-state index contributed by atoms with van der Waals surface area (Å²) in [5.74, 6) is 1.29. The van der Waals surface area contributed by atoms with Gasteiger partial charge in [0.1, 0.15) is 11.5 Å². The van der Waals surface area contributed by atoms with Gasteiger partial charge in [0.25, 0.3) is 0 Å². The molecule has 1 amide bonds. The lowest BCUT2D eigenvalue weighted by Gasteiger charge is -2.19. The average Bonchev–Trinajstić information content (AvgIpc) is 3.10. The highest BCUT2D eigenvalue weighted by molar-refractivity contribution is 7.80. The van der Waals surface area contributed by atoms with Crippen molar-refractivity contribution in [1.29, 1.82) is 5.26 Å². The summed E-state index contributed by atoms with van der Waals surface area (Å²) in [6, 6.07) is 22.0. The van der Waals surface area contributed by atoms with Gasteiger partial charge in [-0.1, -0.05) is 17.7 Å². The third-order valence-electron chi connectivity index (χ3n) is 4.91. The van der Waals surface area contributed by atoms with Gasteiger partial charge < -0.3 is 9.64 Å². The van der Waals surface area contributed by atoms with Crippen LogP contribution in [-0.4, -0.2) is 12.5 Å². The molecule has 1 fully saturated rings. The molecule has 1 heterocycles. The molecule has 4 nitrogen and oxygen atoms in total. The normalized spacial score (nSPS) is 16.0. The summed E-state index contributed by atoms with van der Waals surface area (Å²) in [5, 5.41) is 9.51. The smallest absolute Gasteiger partial charge is 0.227 e. The van der Waals surface area contributed by atoms with Crippen LogP contribution in [0.25, 0.3) is 0 Å². The summed E-state index contributed by atoms with van der Waals surface area (Å²) in [5.41, 5.74) is 2.35. The van der Waals surface area contributed by atoms with Crippen molar-refractivity contribution in [3.05, 3.63) is 82.9 Å². The van der Waals surface area contributed by atoms with Crippen molar-refractivity contribution in [2.45, 2.75) is 17.2 Å². The second-order valence-electron chi connectivity index (χ2n) is 6.84. The van der Waals surface area contributed by atoms with Gasteiger partial charge in [-0.15, -0.1) is 12.6 Å². The van der Waals surface area contributed by atoms with Crippen molar-refractivity contribution in [2.24, 2.45) is 0 Å². The number of nitriles is 1. The van der Waals surface area contributed by atoms with Crippen LogP contribution in [0.3, 0.4) is 0 Å². The number of hydrogen-bond donors (Lipinski definition) is 1. The van der Waals surface area contributed by atoms with Crippen LogP contribution in [0, 0.1) is 11.3 Å². The Hall–Kier alpha value is -2.94. The number of anilines is 1. The molecule has 4 rings (SSSR count). The third-order valence-corrected chi connectivity index (χ3v) is 5.45. The van der Waals surface area contributed by atoms with Crippen molar-refractivity contribution in [1.82, 2.24) is 0 Å². The minimum Gasteiger partial charge on any atom is -0.457 e. The van der Waals surface area contributed by atoms with Gasteiger partial charge in [-0.3, -0.25) is 4.79 Å². The largest absolute Gasteiger partial charge is 0.457 e. The minimum absolute atomic E-state index is 0.0103. The van der Waals surface area contributed by atoms with Crippen molar-refractivity contribution >= 4 is 35.8 Å². The van der Waals surface area contributed by atoms with Gasteiger partial charge in [0, 0.05) is 40.1 Å². The van der Waals surface area contributed by atoms with Crippen LogP contribution in [0.4, 0.5) is 5.69 Å². The maximum atomic E-state index is 12.7. The lowest BCUT2D eigenvalue weighted by molar-refractivity contribution is -0.117. The molecule has 29 heavy (non-hydrogen) atoms. The molecule has 1 unspecified atom stereocenters. The molecule has 1 aliphatic rings. The van der Waals surface area contributed by atoms with Gasteiger partial charge >= 0.3 is 0 Å². The van der Waals surface area contributed by atoms with E-state index >= 15 is 0 Å². The molecule has 0 bridgehead atoms. The predicted octanol–water partition coefficient (Wildman–Crippen LogP) is 5.81. The zero-order chi connectivity index (χ0) is 20.4. The molecule has 0 radical (unpaired) electrons. The Balaban J connectivity index is 1.60. The molecule has 1 saturated heterocycles. The number of halogens is 1. The van der Waals surface area contributed by atoms with E-state index in [1.165, 1.54) is 0 Å². The number of ether oxygens (including phenoxy) is 1. The monoisotopic (exact) mass is 420 g/mol. The number of rotatable bonds is 4. The Morgan fingerprint density at radius 2 is 1.79 bits per heavy atom. The van der Waals surface area contributed by atoms with Gasteiger partial charge in [0.05, 0.1) is 11.6 Å². The Bertz CT molecular complexity index is 1090. The Morgan fingerprint density at radius 3 is 2.48 bits per heavy atom. The molecular weight excluding hydrogens is 404 g/mol. The van der Waals surface area contributed by atoms with E-state index in [1.54, 1.807) is 35.2 Å². The topological polar surface area (TPSA) is 53.3 Å². The molecule has 0 spiro atoms. The van der Waals surface area contributed by atoms with Crippen LogP contribution >= 0.6 is 24.2 Å². The van der Waals surface area contributed by atoms with E-state index in [9.17, 15) is 4.79 Å². The maximum absolute atomic E-state index is 12.7. The number of thiol groups is 1. The first-order chi connectivity index (χ1) is 14.0. The molecule has 1 aliphatic heterocycles. The fourth-order valence-electron chi connectivity index (χ4n) is 3.46. The predicted molar refractivity (Wildman–Crippen MR) is 116 cm³/mol. The minimum atomic E-state index is -0.0103. The van der Waals surface area contributed by atoms with Crippen molar-refractivity contribution in [3.63, 3.8) is 0 Å². The van der Waals surface area contributed by atoms with Gasteiger partial charge in [-0.25, -0.2) is 0 Å². The van der Waals surface area contributed by atoms with Crippen molar-refractivity contribution < 1.29 is 9.53 Å². The molecule has 0 saturated carbocycles. The average molecular weight is 421 g/mol. The quantitative estimate of drug-likeness (QED) is 0.541. The number of benzene rings is 3. The van der Waals surface area contributed by atoms with Crippen LogP contribution < -0.4 is 9.64 Å². The van der Waals surface area contributed by atoms with Gasteiger partial charge in [-0.2, -0.15) is 5.26 Å². The van der Waals surface area contributed by atoms with E-state index in [0.717, 1.165) is 16.1 Å². The lowest BCUT2D eigenvalue weighted by atomic mass is 9.97. The Morgan fingerprint density at radius 1 is 1.07 bits per heavy atom. The SMILES string of the molecule is N#Cc1ccc(Oc2cc(Cl)ccc2C2CC(=O)N(c3ccc(S)cc3)C2)cc1. The molecule has 0 aliphatic carbocycles. The highest BCUT2D eigenvalue weighted by Gasteiger charge is 2.33. The van der Waals surface area contributed by atoms with Crippen molar-refractivity contribution in [2.75, 3.05) is 11.4 Å². The summed E-state index contributed by atoms with van der Waals surface area (Å²) in [7, 11) is 0. The molecule has 3 aromatic carbocycles. The first kappa shape index (κ1) is 19.4. The highest BCUT2D eigenvalue weighted by atomic mass is 35.5. The molecule has 3 aromatic rings. The standard InChI is InChI=1S/C23H17ClN2O2S/c24-17-3-10-21(22(12-17)28-19-6-1-15(13-25)2-7-19)16-11-23(27)26(14-16)18-4-8-20(29)9-5-18/h1-10,12,16,29H,11,14H2. The van der Waals surface area contributed by atoms with E-state index < -0.39 is 0 Å². The summed E-state index contributed by atoms with van der Waals surface area (Å²) >= 11 is 10.5. The van der Waals surface area contributed by atoms with Gasteiger partial charge in [-0.05, 0) is 60.7 Å². The van der Waals surface area contributed by atoms with E-state index in [4.69, 9.17) is 21.6 Å². The molecule has 6 heteroatoms. The zero-order valence-electron chi connectivity index (χ0n) is 15.4. The zero-order valence-corrected chi connectivity index (χ0v) is 17.0. The number of amides is 1. The number of hydrogen-bond acceptors (Lipinski definition) is 4. The fourth-order valence-corrected chi connectivity index (χ4v) is 3.77. The first-order valence-corrected chi connectivity index (χ1v) is 9.93. The van der Waals surface area contributed by atoms with E-state index in [0.29, 0.717) is 35.1 Å². The number of carbonyl (C=O) groups excluding carboxylic acids is 1. The van der Waals surface area contributed by atoms with E-state index in [-0.39, 0.29) is 11.8 Å². The number of nitrogens with zero attached hydrogens (tertiary/aromatic N) is 2. The maximum Gasteiger partial charge on any atom is 0.227 e. The second kappa shape index (κ2) is 8.20. The third kappa shape index (κ3) is 4.24. The van der Waals surface area contributed by atoms with Crippen LogP contribution in [0.5, 0.6) is 11.5 Å². The molecule has 144 valence electrons. The molecular formula is C23H17ClN2O2S. The molecule has 1 atom stereocenters. The Labute approximate surface area is 179 Å². The van der Waals surface area contributed by atoms with Crippen molar-refractivity contribution in [3.8, 4) is 17.6 Å². The van der Waals surface area contributed by atoms with Crippen LogP contribution in [0.2, 0.25) is 5.02 Å². The number of carbonyl (C=O) groups is 1. The van der Waals surface area contributed by atoms with Crippen LogP contribution in [0.1, 0.15) is 23.5 Å².